The van der Waals surface area contributed by atoms with Crippen LogP contribution in [-0.4, -0.2) is 18.3 Å². The third kappa shape index (κ3) is 2.69. The molecule has 0 aromatic heterocycles. The summed E-state index contributed by atoms with van der Waals surface area (Å²) in [7, 11) is 0. The third-order valence-corrected chi connectivity index (χ3v) is 5.28. The van der Waals surface area contributed by atoms with Crippen LogP contribution < -0.4 is 4.74 Å². The number of ether oxygens (including phenoxy) is 2. The van der Waals surface area contributed by atoms with Crippen molar-refractivity contribution in [3.05, 3.63) is 40.9 Å². The molecular formula is C18H19BrO2. The number of hydrogen-bond acceptors (Lipinski definition) is 2. The van der Waals surface area contributed by atoms with E-state index in [0.29, 0.717) is 6.10 Å². The smallest absolute Gasteiger partial charge is 0.120 e. The maximum absolute atomic E-state index is 6.23. The lowest BCUT2D eigenvalue weighted by Crippen LogP contribution is -2.48. The van der Waals surface area contributed by atoms with Crippen LogP contribution >= 0.6 is 15.9 Å². The lowest BCUT2D eigenvalue weighted by Gasteiger charge is -2.46. The van der Waals surface area contributed by atoms with Crippen LogP contribution in [0.15, 0.2) is 40.9 Å². The highest BCUT2D eigenvalue weighted by molar-refractivity contribution is 9.10. The molecule has 0 radical (unpaired) electrons. The predicted molar refractivity (Wildman–Crippen MR) is 87.8 cm³/mol. The molecule has 0 amide bonds. The van der Waals surface area contributed by atoms with Gasteiger partial charge in [-0.3, -0.25) is 0 Å². The second kappa shape index (κ2) is 5.29. The van der Waals surface area contributed by atoms with Gasteiger partial charge in [-0.05, 0) is 54.3 Å². The van der Waals surface area contributed by atoms with Crippen molar-refractivity contribution in [2.45, 2.75) is 43.8 Å². The SMILES string of the molecule is Brc1ccc2cc(OC3CCOC4(CCC4)C3)ccc2c1. The zero-order valence-electron chi connectivity index (χ0n) is 12.0. The van der Waals surface area contributed by atoms with Crippen LogP contribution in [-0.2, 0) is 4.74 Å². The summed E-state index contributed by atoms with van der Waals surface area (Å²) in [5.41, 5.74) is 0.143. The van der Waals surface area contributed by atoms with Gasteiger partial charge in [0.2, 0.25) is 0 Å². The van der Waals surface area contributed by atoms with Gasteiger partial charge in [0.1, 0.15) is 11.9 Å². The van der Waals surface area contributed by atoms with Crippen LogP contribution in [0.3, 0.4) is 0 Å². The van der Waals surface area contributed by atoms with Crippen molar-refractivity contribution in [2.24, 2.45) is 0 Å². The van der Waals surface area contributed by atoms with Gasteiger partial charge in [-0.2, -0.15) is 0 Å². The van der Waals surface area contributed by atoms with Crippen molar-refractivity contribution in [1.82, 2.24) is 0 Å². The van der Waals surface area contributed by atoms with E-state index in [2.05, 4.69) is 52.3 Å². The topological polar surface area (TPSA) is 18.5 Å². The molecule has 21 heavy (non-hydrogen) atoms. The predicted octanol–water partition coefficient (Wildman–Crippen LogP) is 5.08. The van der Waals surface area contributed by atoms with Crippen molar-refractivity contribution in [2.75, 3.05) is 6.61 Å². The van der Waals surface area contributed by atoms with Crippen molar-refractivity contribution in [3.8, 4) is 5.75 Å². The van der Waals surface area contributed by atoms with E-state index in [1.54, 1.807) is 0 Å². The minimum absolute atomic E-state index is 0.143. The highest BCUT2D eigenvalue weighted by Gasteiger charge is 2.43. The van der Waals surface area contributed by atoms with Crippen LogP contribution in [0.1, 0.15) is 32.1 Å². The van der Waals surface area contributed by atoms with Gasteiger partial charge in [0.05, 0.1) is 12.2 Å². The van der Waals surface area contributed by atoms with Crippen molar-refractivity contribution in [1.29, 1.82) is 0 Å². The van der Waals surface area contributed by atoms with Gasteiger partial charge in [0.15, 0.2) is 0 Å². The van der Waals surface area contributed by atoms with Gasteiger partial charge in [-0.15, -0.1) is 0 Å². The Morgan fingerprint density at radius 1 is 1.10 bits per heavy atom. The minimum atomic E-state index is 0.143. The summed E-state index contributed by atoms with van der Waals surface area (Å²) in [5, 5.41) is 2.46. The van der Waals surface area contributed by atoms with Gasteiger partial charge in [0, 0.05) is 17.3 Å². The van der Waals surface area contributed by atoms with Crippen molar-refractivity contribution < 1.29 is 9.47 Å². The van der Waals surface area contributed by atoms with E-state index in [-0.39, 0.29) is 5.60 Å². The molecule has 1 heterocycles. The summed E-state index contributed by atoms with van der Waals surface area (Å²) in [6.07, 6.45) is 6.06. The zero-order valence-corrected chi connectivity index (χ0v) is 13.6. The normalized spacial score (nSPS) is 24.0. The largest absolute Gasteiger partial charge is 0.490 e. The van der Waals surface area contributed by atoms with Crippen LogP contribution in [0.4, 0.5) is 0 Å². The van der Waals surface area contributed by atoms with E-state index < -0.39 is 0 Å². The average Bonchev–Trinajstić information content (AvgIpc) is 2.46. The van der Waals surface area contributed by atoms with Gasteiger partial charge in [0.25, 0.3) is 0 Å². The van der Waals surface area contributed by atoms with Gasteiger partial charge in [-0.25, -0.2) is 0 Å². The number of hydrogen-bond donors (Lipinski definition) is 0. The van der Waals surface area contributed by atoms with Crippen molar-refractivity contribution >= 4 is 26.7 Å². The van der Waals surface area contributed by atoms with Crippen LogP contribution in [0.25, 0.3) is 10.8 Å². The molecule has 1 atom stereocenters. The molecule has 2 aromatic carbocycles. The third-order valence-electron chi connectivity index (χ3n) is 4.79. The molecule has 2 fully saturated rings. The quantitative estimate of drug-likeness (QED) is 0.754. The molecule has 110 valence electrons. The summed E-state index contributed by atoms with van der Waals surface area (Å²) in [6, 6.07) is 12.7. The fraction of sp³-hybridized carbons (Fsp3) is 0.444. The first-order valence-electron chi connectivity index (χ1n) is 7.72. The van der Waals surface area contributed by atoms with Crippen LogP contribution in [0.5, 0.6) is 5.75 Å². The highest BCUT2D eigenvalue weighted by atomic mass is 79.9. The number of rotatable bonds is 2. The first-order chi connectivity index (χ1) is 10.2. The molecule has 2 aromatic rings. The Labute approximate surface area is 133 Å². The summed E-state index contributed by atoms with van der Waals surface area (Å²) in [5.74, 6) is 0.978. The molecule has 0 bridgehead atoms. The lowest BCUT2D eigenvalue weighted by atomic mass is 9.74. The molecule has 3 heteroatoms. The maximum atomic E-state index is 6.23. The molecule has 0 N–H and O–H groups in total. The Morgan fingerprint density at radius 3 is 2.71 bits per heavy atom. The molecule has 2 nitrogen and oxygen atoms in total. The Hall–Kier alpha value is -1.06. The Kier molecular flexibility index (Phi) is 3.43. The zero-order chi connectivity index (χ0) is 14.3. The summed E-state index contributed by atoms with van der Waals surface area (Å²) in [6.45, 7) is 0.838. The molecule has 1 saturated carbocycles. The number of fused-ring (bicyclic) bond motifs is 1. The molecule has 1 unspecified atom stereocenters. The van der Waals surface area contributed by atoms with E-state index in [4.69, 9.17) is 9.47 Å². The number of halogens is 1. The van der Waals surface area contributed by atoms with E-state index in [0.717, 1.165) is 29.7 Å². The van der Waals surface area contributed by atoms with Gasteiger partial charge >= 0.3 is 0 Å². The second-order valence-corrected chi connectivity index (χ2v) is 7.19. The minimum Gasteiger partial charge on any atom is -0.490 e. The number of benzene rings is 2. The lowest BCUT2D eigenvalue weighted by molar-refractivity contribution is -0.153. The van der Waals surface area contributed by atoms with E-state index in [9.17, 15) is 0 Å². The second-order valence-electron chi connectivity index (χ2n) is 6.27. The summed E-state index contributed by atoms with van der Waals surface area (Å²) < 4.78 is 13.3. The Balaban J connectivity index is 1.52. The van der Waals surface area contributed by atoms with E-state index in [1.165, 1.54) is 30.0 Å². The fourth-order valence-electron chi connectivity index (χ4n) is 3.46. The van der Waals surface area contributed by atoms with Gasteiger partial charge < -0.3 is 9.47 Å². The van der Waals surface area contributed by atoms with Crippen molar-refractivity contribution in [3.63, 3.8) is 0 Å². The molecular weight excluding hydrogens is 328 g/mol. The molecule has 2 aliphatic rings. The van der Waals surface area contributed by atoms with Crippen LogP contribution in [0, 0.1) is 0 Å². The van der Waals surface area contributed by atoms with E-state index >= 15 is 0 Å². The molecule has 4 rings (SSSR count). The van der Waals surface area contributed by atoms with Gasteiger partial charge in [-0.1, -0.05) is 28.1 Å². The standard InChI is InChI=1S/C18H19BrO2/c19-15-4-2-14-11-16(5-3-13(14)10-15)21-17-6-9-20-18(12-17)7-1-8-18/h2-5,10-11,17H,1,6-9,12H2. The Bertz CT molecular complexity index is 663. The molecule has 1 aliphatic carbocycles. The molecule has 1 aliphatic heterocycles. The van der Waals surface area contributed by atoms with E-state index in [1.807, 2.05) is 0 Å². The first-order valence-corrected chi connectivity index (χ1v) is 8.52. The molecule has 1 saturated heterocycles. The summed E-state index contributed by atoms with van der Waals surface area (Å²) >= 11 is 3.51. The monoisotopic (exact) mass is 346 g/mol. The summed E-state index contributed by atoms with van der Waals surface area (Å²) in [4.78, 5) is 0. The maximum Gasteiger partial charge on any atom is 0.120 e. The average molecular weight is 347 g/mol. The first kappa shape index (κ1) is 13.6. The highest BCUT2D eigenvalue weighted by Crippen LogP contribution is 2.43. The van der Waals surface area contributed by atoms with Crippen LogP contribution in [0.2, 0.25) is 0 Å². The Morgan fingerprint density at radius 2 is 1.90 bits per heavy atom. The fourth-order valence-corrected chi connectivity index (χ4v) is 3.84. The molecule has 1 spiro atoms.